The number of nitriles is 1. The fourth-order valence-corrected chi connectivity index (χ4v) is 5.13. The molecule has 2 aromatic carbocycles. The van der Waals surface area contributed by atoms with Crippen LogP contribution in [0.5, 0.6) is 5.75 Å². The monoisotopic (exact) mass is 608 g/mol. The lowest BCUT2D eigenvalue weighted by Crippen LogP contribution is -2.13. The quantitative estimate of drug-likeness (QED) is 0.167. The molecule has 0 aliphatic heterocycles. The van der Waals surface area contributed by atoms with Crippen LogP contribution < -0.4 is 15.4 Å². The fraction of sp³-hybridized carbons (Fsp3) is 0.242. The number of anilines is 3. The molecule has 0 unspecified atom stereocenters. The van der Waals surface area contributed by atoms with Crippen LogP contribution in [0.15, 0.2) is 67.0 Å². The van der Waals surface area contributed by atoms with Gasteiger partial charge in [-0.1, -0.05) is 30.7 Å². The minimum absolute atomic E-state index is 0.291. The van der Waals surface area contributed by atoms with E-state index in [4.69, 9.17) is 21.3 Å². The number of nitrogens with one attached hydrogen (secondary N) is 2. The molecule has 0 aliphatic rings. The van der Waals surface area contributed by atoms with E-state index in [0.29, 0.717) is 81.6 Å². The van der Waals surface area contributed by atoms with Crippen LogP contribution in [0.3, 0.4) is 0 Å². The molecule has 0 fully saturated rings. The normalized spacial score (nSPS) is 11.4. The number of hydrogen-bond donors (Lipinski definition) is 2. The van der Waals surface area contributed by atoms with E-state index in [0.717, 1.165) is 11.1 Å². The van der Waals surface area contributed by atoms with Gasteiger partial charge in [-0.3, -0.25) is 19.4 Å². The largest absolute Gasteiger partial charge is 0.492 e. The number of carbonyl (C=O) groups excluding carboxylic acids is 1. The molecule has 5 aromatic rings. The molecule has 0 saturated heterocycles. The Bertz CT molecular complexity index is 1890. The van der Waals surface area contributed by atoms with E-state index in [1.165, 1.54) is 6.08 Å². The zero-order valence-corrected chi connectivity index (χ0v) is 25.8. The first kappa shape index (κ1) is 30.5. The summed E-state index contributed by atoms with van der Waals surface area (Å²) in [6, 6.07) is 15.4. The number of rotatable bonds is 11. The van der Waals surface area contributed by atoms with E-state index in [2.05, 4.69) is 26.8 Å². The highest BCUT2D eigenvalue weighted by atomic mass is 35.5. The first-order valence-electron chi connectivity index (χ1n) is 14.3. The maximum Gasteiger partial charge on any atom is 0.248 e. The lowest BCUT2D eigenvalue weighted by atomic mass is 10.0. The average Bonchev–Trinajstić information content (AvgIpc) is 3.40. The third kappa shape index (κ3) is 6.80. The molecule has 0 atom stereocenters. The Hall–Kier alpha value is -4.98. The zero-order valence-electron chi connectivity index (χ0n) is 25.1. The number of benzene rings is 2. The van der Waals surface area contributed by atoms with Gasteiger partial charge < -0.3 is 20.3 Å². The number of aromatic nitrogens is 4. The molecule has 0 spiro atoms. The van der Waals surface area contributed by atoms with Crippen molar-refractivity contribution in [1.82, 2.24) is 24.6 Å². The van der Waals surface area contributed by atoms with Crippen molar-refractivity contribution in [2.45, 2.75) is 26.8 Å². The molecule has 0 aliphatic carbocycles. The maximum atomic E-state index is 12.8. The number of halogens is 1. The Labute approximate surface area is 260 Å². The number of pyridine rings is 2. The number of hydrogen-bond acceptors (Lipinski definition) is 8. The Kier molecular flexibility index (Phi) is 9.38. The van der Waals surface area contributed by atoms with E-state index in [-0.39, 0.29) is 5.91 Å². The highest BCUT2D eigenvalue weighted by Crippen LogP contribution is 2.38. The Morgan fingerprint density at radius 1 is 1.20 bits per heavy atom. The molecule has 5 rings (SSSR count). The van der Waals surface area contributed by atoms with E-state index in [1.54, 1.807) is 35.2 Å². The topological polar surface area (TPSA) is 121 Å². The van der Waals surface area contributed by atoms with Crippen LogP contribution >= 0.6 is 11.6 Å². The van der Waals surface area contributed by atoms with Crippen molar-refractivity contribution in [1.29, 1.82) is 5.26 Å². The van der Waals surface area contributed by atoms with Gasteiger partial charge in [0.25, 0.3) is 0 Å². The summed E-state index contributed by atoms with van der Waals surface area (Å²) in [6.07, 6.45) is 7.49. The highest BCUT2D eigenvalue weighted by Gasteiger charge is 2.19. The number of aryl methyl sites for hydroxylation is 1. The number of nitrogens with zero attached hydrogens (tertiary/aromatic N) is 6. The molecule has 2 N–H and O–H groups in total. The van der Waals surface area contributed by atoms with Crippen molar-refractivity contribution in [3.63, 3.8) is 0 Å². The van der Waals surface area contributed by atoms with Crippen LogP contribution in [0.25, 0.3) is 21.8 Å². The average molecular weight is 609 g/mol. The van der Waals surface area contributed by atoms with Gasteiger partial charge in [-0.25, -0.2) is 0 Å². The van der Waals surface area contributed by atoms with Gasteiger partial charge in [-0.2, -0.15) is 10.4 Å². The first-order valence-corrected chi connectivity index (χ1v) is 14.7. The molecule has 0 bridgehead atoms. The first-order chi connectivity index (χ1) is 21.3. The van der Waals surface area contributed by atoms with Gasteiger partial charge in [-0.05, 0) is 57.8 Å². The van der Waals surface area contributed by atoms with Gasteiger partial charge in [0.1, 0.15) is 17.3 Å². The van der Waals surface area contributed by atoms with Crippen LogP contribution in [0.4, 0.5) is 17.1 Å². The van der Waals surface area contributed by atoms with E-state index < -0.39 is 0 Å². The Morgan fingerprint density at radius 3 is 2.75 bits per heavy atom. The fourth-order valence-electron chi connectivity index (χ4n) is 4.86. The standard InChI is InChI=1S/C33H33ClN8O2/c1-5-27-25(18-35)33(24-16-29(30(44-6-2)17-28(24)38-27)39-31(43)11-9-13-41(3)4)37-23-14-21-19-42(40-32(21)26(34)15-23)20-22-10-7-8-12-36-22/h7-12,14-17,19H,5-6,13,20H2,1-4H3,(H,37,38)(H,39,43)/b11-9+. The minimum Gasteiger partial charge on any atom is -0.492 e. The van der Waals surface area contributed by atoms with Crippen LogP contribution in [-0.2, 0) is 17.8 Å². The summed E-state index contributed by atoms with van der Waals surface area (Å²) in [5, 5.41) is 23.2. The van der Waals surface area contributed by atoms with Gasteiger partial charge in [0.05, 0.1) is 52.0 Å². The molecule has 1 amide bonds. The highest BCUT2D eigenvalue weighted by molar-refractivity contribution is 6.35. The van der Waals surface area contributed by atoms with Crippen molar-refractivity contribution < 1.29 is 9.53 Å². The van der Waals surface area contributed by atoms with Crippen molar-refractivity contribution in [3.05, 3.63) is 89.0 Å². The summed E-state index contributed by atoms with van der Waals surface area (Å²) in [4.78, 5) is 23.9. The number of ether oxygens (including phenoxy) is 1. The molecular weight excluding hydrogens is 576 g/mol. The summed E-state index contributed by atoms with van der Waals surface area (Å²) >= 11 is 6.71. The van der Waals surface area contributed by atoms with Crippen molar-refractivity contribution in [2.24, 2.45) is 0 Å². The minimum atomic E-state index is -0.291. The Balaban J connectivity index is 1.57. The van der Waals surface area contributed by atoms with Gasteiger partial charge in [0.2, 0.25) is 5.91 Å². The number of likely N-dealkylation sites (N-methyl/N-ethyl adjacent to an activating group) is 1. The molecule has 3 aromatic heterocycles. The van der Waals surface area contributed by atoms with Gasteiger partial charge in [-0.15, -0.1) is 0 Å². The number of amides is 1. The zero-order chi connectivity index (χ0) is 31.2. The predicted molar refractivity (Wildman–Crippen MR) is 175 cm³/mol. The third-order valence-corrected chi connectivity index (χ3v) is 7.12. The number of fused-ring (bicyclic) bond motifs is 2. The van der Waals surface area contributed by atoms with Gasteiger partial charge >= 0.3 is 0 Å². The van der Waals surface area contributed by atoms with E-state index in [1.807, 2.05) is 63.3 Å². The smallest absolute Gasteiger partial charge is 0.248 e. The lowest BCUT2D eigenvalue weighted by Gasteiger charge is -2.18. The lowest BCUT2D eigenvalue weighted by molar-refractivity contribution is -0.111. The van der Waals surface area contributed by atoms with Crippen LogP contribution in [0.1, 0.15) is 30.8 Å². The maximum absolute atomic E-state index is 12.8. The van der Waals surface area contributed by atoms with E-state index in [9.17, 15) is 10.1 Å². The second-order valence-electron chi connectivity index (χ2n) is 10.4. The third-order valence-electron chi connectivity index (χ3n) is 6.83. The number of carbonyl (C=O) groups is 1. The van der Waals surface area contributed by atoms with Gasteiger partial charge in [0.15, 0.2) is 0 Å². The molecule has 0 radical (unpaired) electrons. The van der Waals surface area contributed by atoms with Gasteiger partial charge in [0, 0.05) is 47.5 Å². The van der Waals surface area contributed by atoms with E-state index >= 15 is 0 Å². The second-order valence-corrected chi connectivity index (χ2v) is 10.8. The molecular formula is C33H33ClN8O2. The van der Waals surface area contributed by atoms with Crippen LogP contribution in [0, 0.1) is 11.3 Å². The molecule has 11 heteroatoms. The van der Waals surface area contributed by atoms with Crippen molar-refractivity contribution in [2.75, 3.05) is 37.9 Å². The second kappa shape index (κ2) is 13.5. The summed E-state index contributed by atoms with van der Waals surface area (Å²) in [6.45, 7) is 5.36. The predicted octanol–water partition coefficient (Wildman–Crippen LogP) is 6.31. The summed E-state index contributed by atoms with van der Waals surface area (Å²) in [7, 11) is 3.85. The molecule has 224 valence electrons. The Morgan fingerprint density at radius 2 is 2.05 bits per heavy atom. The van der Waals surface area contributed by atoms with Crippen molar-refractivity contribution in [3.8, 4) is 11.8 Å². The molecule has 44 heavy (non-hydrogen) atoms. The molecule has 0 saturated carbocycles. The summed E-state index contributed by atoms with van der Waals surface area (Å²) in [5.41, 5.74) is 4.94. The summed E-state index contributed by atoms with van der Waals surface area (Å²) < 4.78 is 7.69. The SMILES string of the molecule is CCOc1cc2nc(CC)c(C#N)c(Nc3cc(Cl)c4nn(Cc5ccccn5)cc4c3)c2cc1NC(=O)/C=C/CN(C)C. The van der Waals surface area contributed by atoms with Crippen LogP contribution in [-0.4, -0.2) is 57.8 Å². The van der Waals surface area contributed by atoms with Crippen LogP contribution in [0.2, 0.25) is 5.02 Å². The molecule has 3 heterocycles. The molecule has 10 nitrogen and oxygen atoms in total. The van der Waals surface area contributed by atoms with Crippen molar-refractivity contribution >= 4 is 56.4 Å². The summed E-state index contributed by atoms with van der Waals surface area (Å²) in [5.74, 6) is 0.199.